The number of anilines is 1. The lowest BCUT2D eigenvalue weighted by atomic mass is 10.1. The van der Waals surface area contributed by atoms with Crippen molar-refractivity contribution < 1.29 is 9.53 Å². The van der Waals surface area contributed by atoms with Crippen LogP contribution in [-0.2, 0) is 4.79 Å². The minimum atomic E-state index is 0.0955. The molecule has 1 heterocycles. The van der Waals surface area contributed by atoms with Crippen molar-refractivity contribution >= 4 is 11.6 Å². The molecule has 4 heteroatoms. The van der Waals surface area contributed by atoms with Crippen molar-refractivity contribution in [1.29, 1.82) is 0 Å². The molecule has 0 N–H and O–H groups in total. The van der Waals surface area contributed by atoms with Crippen LogP contribution in [0.15, 0.2) is 35.9 Å². The number of methoxy groups -OCH3 is 1. The van der Waals surface area contributed by atoms with E-state index in [0.717, 1.165) is 31.9 Å². The van der Waals surface area contributed by atoms with Crippen molar-refractivity contribution in [2.45, 2.75) is 27.7 Å². The molecular formula is C21H30N2O2. The lowest BCUT2D eigenvalue weighted by molar-refractivity contribution is -0.133. The molecule has 1 aromatic rings. The van der Waals surface area contributed by atoms with Crippen molar-refractivity contribution in [2.75, 3.05) is 38.2 Å². The van der Waals surface area contributed by atoms with Crippen LogP contribution in [0.2, 0.25) is 0 Å². The van der Waals surface area contributed by atoms with E-state index in [2.05, 4.69) is 55.7 Å². The first-order chi connectivity index (χ1) is 11.8. The van der Waals surface area contributed by atoms with Crippen molar-refractivity contribution in [3.63, 3.8) is 0 Å². The van der Waals surface area contributed by atoms with Gasteiger partial charge in [-0.05, 0) is 37.3 Å². The number of hydrogen-bond acceptors (Lipinski definition) is 3. The van der Waals surface area contributed by atoms with Crippen molar-refractivity contribution in [3.05, 3.63) is 35.9 Å². The van der Waals surface area contributed by atoms with Gasteiger partial charge in [0.1, 0.15) is 5.75 Å². The average Bonchev–Trinajstić information content (AvgIpc) is 3.13. The van der Waals surface area contributed by atoms with E-state index in [1.165, 1.54) is 11.3 Å². The summed E-state index contributed by atoms with van der Waals surface area (Å²) in [5.74, 6) is 1.74. The zero-order valence-electron chi connectivity index (χ0n) is 16.1. The fraction of sp³-hybridized carbons (Fsp3) is 0.571. The summed E-state index contributed by atoms with van der Waals surface area (Å²) in [6.45, 7) is 12.0. The highest BCUT2D eigenvalue weighted by molar-refractivity contribution is 5.84. The summed E-state index contributed by atoms with van der Waals surface area (Å²) >= 11 is 0. The molecule has 4 nitrogen and oxygen atoms in total. The number of nitrogens with zero attached hydrogens (tertiary/aromatic N) is 2. The Morgan fingerprint density at radius 2 is 1.88 bits per heavy atom. The molecule has 1 amide bonds. The molecule has 2 fully saturated rings. The molecule has 1 aliphatic carbocycles. The SMILES string of the molecule is COc1cccc(N2CCN(C(=O)C3C(C=C(C)C)C3(C)C)CC2)c1. The second kappa shape index (κ2) is 6.74. The second-order valence-electron chi connectivity index (χ2n) is 8.08. The van der Waals surface area contributed by atoms with Crippen molar-refractivity contribution in [2.24, 2.45) is 17.3 Å². The summed E-state index contributed by atoms with van der Waals surface area (Å²) in [5, 5.41) is 0. The molecule has 2 unspecified atom stereocenters. The number of allylic oxidation sites excluding steroid dienone is 2. The van der Waals surface area contributed by atoms with Crippen LogP contribution in [0, 0.1) is 17.3 Å². The number of carbonyl (C=O) groups is 1. The highest BCUT2D eigenvalue weighted by Crippen LogP contribution is 2.60. The van der Waals surface area contributed by atoms with Crippen LogP contribution < -0.4 is 9.64 Å². The van der Waals surface area contributed by atoms with Crippen LogP contribution in [-0.4, -0.2) is 44.1 Å². The highest BCUT2D eigenvalue weighted by atomic mass is 16.5. The van der Waals surface area contributed by atoms with Gasteiger partial charge in [-0.15, -0.1) is 0 Å². The Morgan fingerprint density at radius 1 is 1.20 bits per heavy atom. The second-order valence-corrected chi connectivity index (χ2v) is 8.08. The normalized spacial score (nSPS) is 24.7. The Labute approximate surface area is 151 Å². The van der Waals surface area contributed by atoms with Gasteiger partial charge in [-0.3, -0.25) is 4.79 Å². The molecule has 0 spiro atoms. The molecule has 25 heavy (non-hydrogen) atoms. The van der Waals surface area contributed by atoms with Crippen LogP contribution in [0.3, 0.4) is 0 Å². The van der Waals surface area contributed by atoms with E-state index >= 15 is 0 Å². The molecule has 1 aliphatic heterocycles. The summed E-state index contributed by atoms with van der Waals surface area (Å²) in [6.07, 6.45) is 2.27. The summed E-state index contributed by atoms with van der Waals surface area (Å²) in [5.41, 5.74) is 2.56. The van der Waals surface area contributed by atoms with Gasteiger partial charge < -0.3 is 14.5 Å². The Bertz CT molecular complexity index is 668. The molecule has 1 saturated heterocycles. The first-order valence-electron chi connectivity index (χ1n) is 9.17. The minimum Gasteiger partial charge on any atom is -0.497 e. The van der Waals surface area contributed by atoms with Crippen LogP contribution in [0.1, 0.15) is 27.7 Å². The summed E-state index contributed by atoms with van der Waals surface area (Å²) in [7, 11) is 1.69. The fourth-order valence-electron chi connectivity index (χ4n) is 4.01. The van der Waals surface area contributed by atoms with Gasteiger partial charge in [0.2, 0.25) is 5.91 Å². The molecule has 1 saturated carbocycles. The van der Waals surface area contributed by atoms with Crippen LogP contribution in [0.5, 0.6) is 5.75 Å². The lowest BCUT2D eigenvalue weighted by Crippen LogP contribution is -2.49. The van der Waals surface area contributed by atoms with E-state index < -0.39 is 0 Å². The predicted octanol–water partition coefficient (Wildman–Crippen LogP) is 3.58. The molecule has 0 aromatic heterocycles. The summed E-state index contributed by atoms with van der Waals surface area (Å²) in [6, 6.07) is 8.14. The Balaban J connectivity index is 1.61. The Morgan fingerprint density at radius 3 is 2.48 bits per heavy atom. The molecule has 3 rings (SSSR count). The standard InChI is InChI=1S/C21H30N2O2/c1-15(2)13-18-19(21(18,3)4)20(24)23-11-9-22(10-12-23)16-7-6-8-17(14-16)25-5/h6-8,13-14,18-19H,9-12H2,1-5H3. The first kappa shape index (κ1) is 17.8. The molecular weight excluding hydrogens is 312 g/mol. The van der Waals surface area contributed by atoms with E-state index in [0.29, 0.717) is 11.8 Å². The molecule has 0 radical (unpaired) electrons. The van der Waals surface area contributed by atoms with Gasteiger partial charge in [0.15, 0.2) is 0 Å². The smallest absolute Gasteiger partial charge is 0.226 e. The number of amides is 1. The number of hydrogen-bond donors (Lipinski definition) is 0. The minimum absolute atomic E-state index is 0.0955. The topological polar surface area (TPSA) is 32.8 Å². The number of ether oxygens (including phenoxy) is 1. The van der Waals surface area contributed by atoms with Gasteiger partial charge >= 0.3 is 0 Å². The zero-order valence-corrected chi connectivity index (χ0v) is 16.1. The first-order valence-corrected chi connectivity index (χ1v) is 9.17. The van der Waals surface area contributed by atoms with Crippen LogP contribution >= 0.6 is 0 Å². The van der Waals surface area contributed by atoms with Gasteiger partial charge in [-0.2, -0.15) is 0 Å². The highest BCUT2D eigenvalue weighted by Gasteiger charge is 2.61. The number of benzene rings is 1. The van der Waals surface area contributed by atoms with Gasteiger partial charge in [-0.25, -0.2) is 0 Å². The largest absolute Gasteiger partial charge is 0.497 e. The molecule has 136 valence electrons. The van der Waals surface area contributed by atoms with E-state index in [1.54, 1.807) is 7.11 Å². The van der Waals surface area contributed by atoms with E-state index in [4.69, 9.17) is 4.74 Å². The van der Waals surface area contributed by atoms with Gasteiger partial charge in [0, 0.05) is 37.9 Å². The molecule has 2 atom stereocenters. The quantitative estimate of drug-likeness (QED) is 0.784. The van der Waals surface area contributed by atoms with Crippen molar-refractivity contribution in [3.8, 4) is 5.75 Å². The molecule has 0 bridgehead atoms. The third-order valence-corrected chi connectivity index (χ3v) is 5.70. The Hall–Kier alpha value is -1.97. The molecule has 1 aromatic carbocycles. The third-order valence-electron chi connectivity index (χ3n) is 5.70. The van der Waals surface area contributed by atoms with Gasteiger partial charge in [0.05, 0.1) is 13.0 Å². The Kier molecular flexibility index (Phi) is 4.81. The molecule has 2 aliphatic rings. The summed E-state index contributed by atoms with van der Waals surface area (Å²) < 4.78 is 5.31. The van der Waals surface area contributed by atoms with Gasteiger partial charge in [0.25, 0.3) is 0 Å². The monoisotopic (exact) mass is 342 g/mol. The zero-order chi connectivity index (χ0) is 18.2. The maximum Gasteiger partial charge on any atom is 0.226 e. The predicted molar refractivity (Wildman–Crippen MR) is 102 cm³/mol. The maximum atomic E-state index is 13.0. The van der Waals surface area contributed by atoms with Crippen LogP contribution in [0.25, 0.3) is 0 Å². The number of rotatable bonds is 4. The summed E-state index contributed by atoms with van der Waals surface area (Å²) in [4.78, 5) is 17.4. The van der Waals surface area contributed by atoms with Crippen molar-refractivity contribution in [1.82, 2.24) is 4.90 Å². The van der Waals surface area contributed by atoms with Gasteiger partial charge in [-0.1, -0.05) is 31.6 Å². The maximum absolute atomic E-state index is 13.0. The lowest BCUT2D eigenvalue weighted by Gasteiger charge is -2.36. The van der Waals surface area contributed by atoms with E-state index in [1.807, 2.05) is 12.1 Å². The third kappa shape index (κ3) is 3.53. The van der Waals surface area contributed by atoms with Crippen LogP contribution in [0.4, 0.5) is 5.69 Å². The van der Waals surface area contributed by atoms with E-state index in [9.17, 15) is 4.79 Å². The number of carbonyl (C=O) groups excluding carboxylic acids is 1. The fourth-order valence-corrected chi connectivity index (χ4v) is 4.01. The average molecular weight is 342 g/mol. The number of piperazine rings is 1. The van der Waals surface area contributed by atoms with E-state index in [-0.39, 0.29) is 11.3 Å².